The first-order valence-corrected chi connectivity index (χ1v) is 8.38. The van der Waals surface area contributed by atoms with Crippen LogP contribution < -0.4 is 5.73 Å². The van der Waals surface area contributed by atoms with E-state index in [4.69, 9.17) is 10.7 Å². The van der Waals surface area contributed by atoms with Crippen molar-refractivity contribution in [3.05, 3.63) is 39.1 Å². The minimum atomic E-state index is 0.526. The lowest BCUT2D eigenvalue weighted by atomic mass is 10.0. The van der Waals surface area contributed by atoms with Gasteiger partial charge < -0.3 is 5.73 Å². The van der Waals surface area contributed by atoms with E-state index in [0.29, 0.717) is 17.7 Å². The zero-order valence-corrected chi connectivity index (χ0v) is 15.2. The van der Waals surface area contributed by atoms with Gasteiger partial charge in [-0.25, -0.2) is 9.97 Å². The molecule has 1 aromatic carbocycles. The molecule has 0 unspecified atom stereocenters. The Balaban J connectivity index is 2.41. The largest absolute Gasteiger partial charge is 0.383 e. The molecule has 0 saturated carbocycles. The summed E-state index contributed by atoms with van der Waals surface area (Å²) in [5, 5.41) is 0. The summed E-state index contributed by atoms with van der Waals surface area (Å²) >= 11 is 2.24. The van der Waals surface area contributed by atoms with Gasteiger partial charge in [-0.15, -0.1) is 0 Å². The smallest absolute Gasteiger partial charge is 0.161 e. The van der Waals surface area contributed by atoms with E-state index < -0.39 is 0 Å². The standard InChI is InChI=1S/C17H22IN3/c1-10(2)9-14-15(18)16(19)21-17(20-14)13-7-5-12(6-8-13)11(3)4/h5-8,10-11H,9H2,1-4H3,(H2,19,20,21). The highest BCUT2D eigenvalue weighted by atomic mass is 127. The molecule has 2 N–H and O–H groups in total. The molecule has 0 fully saturated rings. The van der Waals surface area contributed by atoms with Crippen LogP contribution in [0, 0.1) is 9.49 Å². The van der Waals surface area contributed by atoms with Crippen molar-refractivity contribution in [1.82, 2.24) is 9.97 Å². The molecule has 0 saturated heterocycles. The summed E-state index contributed by atoms with van der Waals surface area (Å²) < 4.78 is 0.976. The predicted octanol–water partition coefficient (Wildman–Crippen LogP) is 4.65. The van der Waals surface area contributed by atoms with Crippen molar-refractivity contribution < 1.29 is 0 Å². The van der Waals surface area contributed by atoms with Crippen molar-refractivity contribution in [3.63, 3.8) is 0 Å². The fraction of sp³-hybridized carbons (Fsp3) is 0.412. The molecule has 1 heterocycles. The average Bonchev–Trinajstić information content (AvgIpc) is 2.43. The number of aromatic nitrogens is 2. The fourth-order valence-corrected chi connectivity index (χ4v) is 2.64. The molecule has 0 amide bonds. The Bertz CT molecular complexity index is 619. The molecule has 3 nitrogen and oxygen atoms in total. The van der Waals surface area contributed by atoms with Crippen LogP contribution in [-0.2, 0) is 6.42 Å². The van der Waals surface area contributed by atoms with Crippen LogP contribution in [0.25, 0.3) is 11.4 Å². The molecule has 21 heavy (non-hydrogen) atoms. The molecule has 0 aliphatic heterocycles. The van der Waals surface area contributed by atoms with E-state index in [1.54, 1.807) is 0 Å². The highest BCUT2D eigenvalue weighted by Gasteiger charge is 2.13. The van der Waals surface area contributed by atoms with Gasteiger partial charge in [-0.1, -0.05) is 52.0 Å². The molecule has 0 spiro atoms. The summed E-state index contributed by atoms with van der Waals surface area (Å²) in [5.41, 5.74) is 9.44. The van der Waals surface area contributed by atoms with E-state index in [-0.39, 0.29) is 0 Å². The third kappa shape index (κ3) is 3.93. The summed E-state index contributed by atoms with van der Waals surface area (Å²) in [4.78, 5) is 9.16. The van der Waals surface area contributed by atoms with Crippen LogP contribution in [0.4, 0.5) is 5.82 Å². The second kappa shape index (κ2) is 6.73. The van der Waals surface area contributed by atoms with Crippen LogP contribution >= 0.6 is 22.6 Å². The molecule has 1 aromatic heterocycles. The van der Waals surface area contributed by atoms with E-state index in [9.17, 15) is 0 Å². The molecule has 0 aliphatic carbocycles. The first kappa shape index (κ1) is 16.2. The fourth-order valence-electron chi connectivity index (χ4n) is 2.18. The highest BCUT2D eigenvalue weighted by Crippen LogP contribution is 2.25. The molecular formula is C17H22IN3. The Kier molecular flexibility index (Phi) is 5.19. The number of nitrogens with zero attached hydrogens (tertiary/aromatic N) is 2. The van der Waals surface area contributed by atoms with Crippen LogP contribution in [0.15, 0.2) is 24.3 Å². The maximum absolute atomic E-state index is 6.05. The number of hydrogen-bond acceptors (Lipinski definition) is 3. The van der Waals surface area contributed by atoms with Crippen molar-refractivity contribution in [3.8, 4) is 11.4 Å². The summed E-state index contributed by atoms with van der Waals surface area (Å²) in [6.07, 6.45) is 0.919. The molecular weight excluding hydrogens is 373 g/mol. The Morgan fingerprint density at radius 3 is 2.19 bits per heavy atom. The Hall–Kier alpha value is -1.17. The zero-order valence-electron chi connectivity index (χ0n) is 13.0. The summed E-state index contributed by atoms with van der Waals surface area (Å²) in [7, 11) is 0. The second-order valence-electron chi connectivity index (χ2n) is 6.07. The van der Waals surface area contributed by atoms with E-state index in [0.717, 1.165) is 27.1 Å². The maximum atomic E-state index is 6.05. The summed E-state index contributed by atoms with van der Waals surface area (Å²) in [6, 6.07) is 8.44. The van der Waals surface area contributed by atoms with Crippen LogP contribution in [0.5, 0.6) is 0 Å². The number of anilines is 1. The molecule has 0 atom stereocenters. The highest BCUT2D eigenvalue weighted by molar-refractivity contribution is 14.1. The van der Waals surface area contributed by atoms with Gasteiger partial charge in [-0.2, -0.15) is 0 Å². The molecule has 112 valence electrons. The second-order valence-corrected chi connectivity index (χ2v) is 7.15. The van der Waals surface area contributed by atoms with Gasteiger partial charge in [0.25, 0.3) is 0 Å². The molecule has 2 rings (SSSR count). The van der Waals surface area contributed by atoms with E-state index in [1.807, 2.05) is 0 Å². The number of hydrogen-bond donors (Lipinski definition) is 1. The Labute approximate surface area is 140 Å². The minimum Gasteiger partial charge on any atom is -0.383 e. The van der Waals surface area contributed by atoms with E-state index in [2.05, 4.69) is 79.5 Å². The topological polar surface area (TPSA) is 51.8 Å². The van der Waals surface area contributed by atoms with E-state index >= 15 is 0 Å². The van der Waals surface area contributed by atoms with Gasteiger partial charge in [0.2, 0.25) is 0 Å². The van der Waals surface area contributed by atoms with Crippen LogP contribution in [0.3, 0.4) is 0 Å². The van der Waals surface area contributed by atoms with Gasteiger partial charge in [0.15, 0.2) is 5.82 Å². The molecule has 0 radical (unpaired) electrons. The molecule has 4 heteroatoms. The first-order valence-electron chi connectivity index (χ1n) is 7.30. The summed E-state index contributed by atoms with van der Waals surface area (Å²) in [5.74, 6) is 2.37. The molecule has 0 bridgehead atoms. The van der Waals surface area contributed by atoms with Gasteiger partial charge in [-0.05, 0) is 46.4 Å². The molecule has 0 aliphatic rings. The average molecular weight is 395 g/mol. The van der Waals surface area contributed by atoms with Gasteiger partial charge in [0.05, 0.1) is 9.26 Å². The minimum absolute atomic E-state index is 0.526. The third-order valence-electron chi connectivity index (χ3n) is 3.38. The number of benzene rings is 1. The van der Waals surface area contributed by atoms with Crippen molar-refractivity contribution in [2.24, 2.45) is 5.92 Å². The summed E-state index contributed by atoms with van der Waals surface area (Å²) in [6.45, 7) is 8.75. The monoisotopic (exact) mass is 395 g/mol. The lowest BCUT2D eigenvalue weighted by Gasteiger charge is -2.11. The third-order valence-corrected chi connectivity index (χ3v) is 4.56. The van der Waals surface area contributed by atoms with Crippen LogP contribution in [-0.4, -0.2) is 9.97 Å². The van der Waals surface area contributed by atoms with Crippen molar-refractivity contribution in [2.75, 3.05) is 5.73 Å². The number of nitrogens with two attached hydrogens (primary N) is 1. The quantitative estimate of drug-likeness (QED) is 0.767. The molecule has 2 aromatic rings. The van der Waals surface area contributed by atoms with E-state index in [1.165, 1.54) is 5.56 Å². The normalized spacial score (nSPS) is 11.4. The lowest BCUT2D eigenvalue weighted by Crippen LogP contribution is -2.07. The Morgan fingerprint density at radius 1 is 1.05 bits per heavy atom. The first-order chi connectivity index (χ1) is 9.88. The maximum Gasteiger partial charge on any atom is 0.161 e. The van der Waals surface area contributed by atoms with Crippen LogP contribution in [0.1, 0.15) is 44.9 Å². The number of nitrogen functional groups attached to an aromatic ring is 1. The van der Waals surface area contributed by atoms with Gasteiger partial charge in [-0.3, -0.25) is 0 Å². The number of halogens is 1. The van der Waals surface area contributed by atoms with Crippen molar-refractivity contribution in [2.45, 2.75) is 40.0 Å². The zero-order chi connectivity index (χ0) is 15.6. The predicted molar refractivity (Wildman–Crippen MR) is 97.2 cm³/mol. The van der Waals surface area contributed by atoms with Crippen molar-refractivity contribution in [1.29, 1.82) is 0 Å². The Morgan fingerprint density at radius 2 is 1.67 bits per heavy atom. The van der Waals surface area contributed by atoms with Gasteiger partial charge in [0.1, 0.15) is 5.82 Å². The van der Waals surface area contributed by atoms with Crippen LogP contribution in [0.2, 0.25) is 0 Å². The van der Waals surface area contributed by atoms with Gasteiger partial charge >= 0.3 is 0 Å². The lowest BCUT2D eigenvalue weighted by molar-refractivity contribution is 0.632. The van der Waals surface area contributed by atoms with Gasteiger partial charge in [0, 0.05) is 5.56 Å². The number of rotatable bonds is 4. The SMILES string of the molecule is CC(C)Cc1nc(-c2ccc(C(C)C)cc2)nc(N)c1I. The van der Waals surface area contributed by atoms with Crippen molar-refractivity contribution >= 4 is 28.4 Å².